The van der Waals surface area contributed by atoms with E-state index in [-0.39, 0.29) is 11.8 Å². The highest BCUT2D eigenvalue weighted by molar-refractivity contribution is 5.95. The number of allylic oxidation sites excluding steroid dienone is 1. The first-order chi connectivity index (χ1) is 17.8. The smallest absolute Gasteiger partial charge is 0.230 e. The summed E-state index contributed by atoms with van der Waals surface area (Å²) < 4.78 is 14.6. The average molecular weight is 499 g/mol. The van der Waals surface area contributed by atoms with E-state index in [1.54, 1.807) is 17.0 Å². The molecule has 3 aromatic carbocycles. The summed E-state index contributed by atoms with van der Waals surface area (Å²) in [6, 6.07) is 21.1. The highest BCUT2D eigenvalue weighted by atomic mass is 19.1. The van der Waals surface area contributed by atoms with Crippen molar-refractivity contribution in [2.45, 2.75) is 39.2 Å². The number of aldehydes is 1. The van der Waals surface area contributed by atoms with E-state index in [2.05, 4.69) is 48.2 Å². The summed E-state index contributed by atoms with van der Waals surface area (Å²) in [7, 11) is 4.04. The molecule has 4 rings (SSSR count). The second-order valence-electron chi connectivity index (χ2n) is 10.3. The van der Waals surface area contributed by atoms with E-state index < -0.39 is 5.82 Å². The van der Waals surface area contributed by atoms with Gasteiger partial charge in [-0.05, 0) is 77.4 Å². The van der Waals surface area contributed by atoms with Gasteiger partial charge in [-0.15, -0.1) is 0 Å². The Morgan fingerprint density at radius 2 is 1.62 bits per heavy atom. The zero-order chi connectivity index (χ0) is 26.4. The van der Waals surface area contributed by atoms with Gasteiger partial charge in [-0.2, -0.15) is 0 Å². The molecule has 1 aliphatic carbocycles. The van der Waals surface area contributed by atoms with Crippen LogP contribution in [0.1, 0.15) is 43.7 Å². The Balaban J connectivity index is 1.62. The van der Waals surface area contributed by atoms with E-state index in [4.69, 9.17) is 0 Å². The molecule has 0 aromatic heterocycles. The Kier molecular flexibility index (Phi) is 8.54. The zero-order valence-electron chi connectivity index (χ0n) is 21.9. The molecule has 1 fully saturated rings. The molecule has 1 amide bonds. The third-order valence-electron chi connectivity index (χ3n) is 7.15. The van der Waals surface area contributed by atoms with E-state index >= 15 is 0 Å². The standard InChI is InChI=1S/C32H35FN2O2/c1-23-6-4-8-28(18-23)32(37)35(31-20-25(7-5-17-36)19-29(33)21-31)22-24-9-11-26(12-10-24)27-13-15-30(16-14-27)34(2)3/h5,7,9-17,19-21,23,28H,4,6,8,18,22H2,1-3H3/b7-5+/t23-,28?/m1/s1. The Morgan fingerprint density at radius 3 is 2.24 bits per heavy atom. The van der Waals surface area contributed by atoms with Crippen LogP contribution in [0.4, 0.5) is 15.8 Å². The van der Waals surface area contributed by atoms with Crippen LogP contribution in [0.3, 0.4) is 0 Å². The summed E-state index contributed by atoms with van der Waals surface area (Å²) in [6.45, 7) is 2.54. The van der Waals surface area contributed by atoms with Crippen LogP contribution in [0.5, 0.6) is 0 Å². The number of carbonyl (C=O) groups is 2. The van der Waals surface area contributed by atoms with Gasteiger partial charge in [-0.1, -0.05) is 62.2 Å². The third-order valence-corrected chi connectivity index (χ3v) is 7.15. The summed E-state index contributed by atoms with van der Waals surface area (Å²) in [5.41, 5.74) is 5.40. The van der Waals surface area contributed by atoms with Crippen LogP contribution in [0.25, 0.3) is 17.2 Å². The predicted molar refractivity (Wildman–Crippen MR) is 150 cm³/mol. The lowest BCUT2D eigenvalue weighted by atomic mass is 9.81. The van der Waals surface area contributed by atoms with Gasteiger partial charge in [0.25, 0.3) is 0 Å². The molecule has 5 heteroatoms. The molecule has 0 saturated heterocycles. The molecule has 0 N–H and O–H groups in total. The molecule has 1 unspecified atom stereocenters. The fourth-order valence-electron chi connectivity index (χ4n) is 5.11. The number of hydrogen-bond donors (Lipinski definition) is 0. The monoisotopic (exact) mass is 498 g/mol. The normalized spacial score (nSPS) is 17.5. The van der Waals surface area contributed by atoms with Gasteiger partial charge in [0.05, 0.1) is 6.54 Å². The summed E-state index contributed by atoms with van der Waals surface area (Å²) in [5, 5.41) is 0. The minimum atomic E-state index is -0.436. The number of hydrogen-bond acceptors (Lipinski definition) is 3. The van der Waals surface area contributed by atoms with Gasteiger partial charge in [0.15, 0.2) is 0 Å². The molecule has 1 aliphatic rings. The van der Waals surface area contributed by atoms with E-state index in [1.165, 1.54) is 18.2 Å². The van der Waals surface area contributed by atoms with Gasteiger partial charge in [-0.25, -0.2) is 4.39 Å². The van der Waals surface area contributed by atoms with Gasteiger partial charge < -0.3 is 9.80 Å². The molecular weight excluding hydrogens is 463 g/mol. The van der Waals surface area contributed by atoms with E-state index in [0.29, 0.717) is 30.0 Å². The Hall–Kier alpha value is -3.73. The quantitative estimate of drug-likeness (QED) is 0.245. The summed E-state index contributed by atoms with van der Waals surface area (Å²) in [6.07, 6.45) is 7.43. The second-order valence-corrected chi connectivity index (χ2v) is 10.3. The molecule has 0 bridgehead atoms. The van der Waals surface area contributed by atoms with Crippen LogP contribution >= 0.6 is 0 Å². The number of carbonyl (C=O) groups excluding carboxylic acids is 2. The van der Waals surface area contributed by atoms with Gasteiger partial charge >= 0.3 is 0 Å². The number of anilines is 2. The lowest BCUT2D eigenvalue weighted by molar-refractivity contribution is -0.123. The molecular formula is C32H35FN2O2. The number of rotatable bonds is 8. The molecule has 0 aliphatic heterocycles. The van der Waals surface area contributed by atoms with Crippen molar-refractivity contribution in [1.29, 1.82) is 0 Å². The van der Waals surface area contributed by atoms with Crippen molar-refractivity contribution in [3.63, 3.8) is 0 Å². The molecule has 1 saturated carbocycles. The van der Waals surface area contributed by atoms with Crippen molar-refractivity contribution in [3.8, 4) is 11.1 Å². The van der Waals surface area contributed by atoms with Crippen LogP contribution in [0.15, 0.2) is 72.8 Å². The van der Waals surface area contributed by atoms with Crippen molar-refractivity contribution < 1.29 is 14.0 Å². The molecule has 2 atom stereocenters. The molecule has 0 heterocycles. The fourth-order valence-corrected chi connectivity index (χ4v) is 5.11. The van der Waals surface area contributed by atoms with Crippen molar-refractivity contribution in [2.24, 2.45) is 11.8 Å². The lowest BCUT2D eigenvalue weighted by Gasteiger charge is -2.32. The topological polar surface area (TPSA) is 40.6 Å². The number of benzene rings is 3. The Labute approximate surface area is 219 Å². The number of amides is 1. The first-order valence-corrected chi connectivity index (χ1v) is 12.9. The maximum absolute atomic E-state index is 14.6. The second kappa shape index (κ2) is 12.0. The van der Waals surface area contributed by atoms with Crippen LogP contribution in [0, 0.1) is 17.7 Å². The van der Waals surface area contributed by atoms with Gasteiger partial charge in [0, 0.05) is 31.4 Å². The molecule has 0 radical (unpaired) electrons. The largest absolute Gasteiger partial charge is 0.378 e. The van der Waals surface area contributed by atoms with Crippen molar-refractivity contribution >= 4 is 29.6 Å². The van der Waals surface area contributed by atoms with Crippen LogP contribution in [-0.4, -0.2) is 26.3 Å². The van der Waals surface area contributed by atoms with Crippen molar-refractivity contribution in [3.05, 3.63) is 89.8 Å². The van der Waals surface area contributed by atoms with E-state index in [1.807, 2.05) is 26.2 Å². The van der Waals surface area contributed by atoms with Crippen molar-refractivity contribution in [2.75, 3.05) is 23.9 Å². The summed E-state index contributed by atoms with van der Waals surface area (Å²) in [4.78, 5) is 28.4. The molecule has 37 heavy (non-hydrogen) atoms. The maximum atomic E-state index is 14.6. The van der Waals surface area contributed by atoms with Crippen molar-refractivity contribution in [1.82, 2.24) is 0 Å². The molecule has 4 nitrogen and oxygen atoms in total. The van der Waals surface area contributed by atoms with Crippen LogP contribution in [-0.2, 0) is 16.1 Å². The SMILES string of the molecule is C[C@@H]1CCCC(C(=O)N(Cc2ccc(-c3ccc(N(C)C)cc3)cc2)c2cc(F)cc(/C=C/C=O)c2)C1. The van der Waals surface area contributed by atoms with Gasteiger partial charge in [0.1, 0.15) is 12.1 Å². The minimum Gasteiger partial charge on any atom is -0.378 e. The first-order valence-electron chi connectivity index (χ1n) is 12.9. The number of halogens is 1. The summed E-state index contributed by atoms with van der Waals surface area (Å²) in [5.74, 6) is 0.0250. The zero-order valence-corrected chi connectivity index (χ0v) is 21.9. The molecule has 192 valence electrons. The molecule has 3 aromatic rings. The lowest BCUT2D eigenvalue weighted by Crippen LogP contribution is -2.37. The Bertz CT molecular complexity index is 1250. The van der Waals surface area contributed by atoms with Gasteiger partial charge in [0.2, 0.25) is 5.91 Å². The predicted octanol–water partition coefficient (Wildman–Crippen LogP) is 7.13. The third kappa shape index (κ3) is 6.73. The average Bonchev–Trinajstić information content (AvgIpc) is 2.90. The van der Waals surface area contributed by atoms with E-state index in [9.17, 15) is 14.0 Å². The maximum Gasteiger partial charge on any atom is 0.230 e. The first kappa shape index (κ1) is 26.3. The fraction of sp³-hybridized carbons (Fsp3) is 0.312. The highest BCUT2D eigenvalue weighted by Crippen LogP contribution is 2.33. The number of nitrogens with zero attached hydrogens (tertiary/aromatic N) is 2. The van der Waals surface area contributed by atoms with Crippen LogP contribution in [0.2, 0.25) is 0 Å². The molecule has 0 spiro atoms. The highest BCUT2D eigenvalue weighted by Gasteiger charge is 2.30. The van der Waals surface area contributed by atoms with E-state index in [0.717, 1.165) is 48.1 Å². The van der Waals surface area contributed by atoms with Crippen LogP contribution < -0.4 is 9.80 Å². The van der Waals surface area contributed by atoms with Gasteiger partial charge in [-0.3, -0.25) is 9.59 Å². The Morgan fingerprint density at radius 1 is 0.946 bits per heavy atom. The minimum absolute atomic E-state index is 0.0332. The summed E-state index contributed by atoms with van der Waals surface area (Å²) >= 11 is 0.